The van der Waals surface area contributed by atoms with Gasteiger partial charge in [0.05, 0.1) is 11.9 Å². The molecule has 142 valence electrons. The molecular formula is C21H27N5O. The first-order valence-corrected chi connectivity index (χ1v) is 10.0. The highest BCUT2D eigenvalue weighted by molar-refractivity contribution is 5.92. The van der Waals surface area contributed by atoms with Crippen LogP contribution in [0.2, 0.25) is 0 Å². The largest absolute Gasteiger partial charge is 0.370 e. The molecule has 2 N–H and O–H groups in total. The third kappa shape index (κ3) is 4.56. The van der Waals surface area contributed by atoms with Crippen molar-refractivity contribution in [3.63, 3.8) is 0 Å². The van der Waals surface area contributed by atoms with Crippen molar-refractivity contribution >= 4 is 28.8 Å². The maximum absolute atomic E-state index is 12.4. The number of carbonyl (C=O) groups is 1. The number of rotatable bonds is 5. The highest BCUT2D eigenvalue weighted by atomic mass is 16.1. The van der Waals surface area contributed by atoms with Crippen LogP contribution < -0.4 is 15.5 Å². The molecule has 1 aromatic heterocycles. The summed E-state index contributed by atoms with van der Waals surface area (Å²) in [6.45, 7) is 2.17. The van der Waals surface area contributed by atoms with E-state index >= 15 is 0 Å². The first-order valence-electron chi connectivity index (χ1n) is 10.0. The van der Waals surface area contributed by atoms with E-state index in [0.29, 0.717) is 0 Å². The summed E-state index contributed by atoms with van der Waals surface area (Å²) in [6.07, 6.45) is 9.90. The molecule has 1 saturated carbocycles. The lowest BCUT2D eigenvalue weighted by atomic mass is 9.88. The Hall–Kier alpha value is -2.63. The molecule has 0 bridgehead atoms. The summed E-state index contributed by atoms with van der Waals surface area (Å²) in [5.74, 6) is 1.05. The Morgan fingerprint density at radius 2 is 1.67 bits per heavy atom. The topological polar surface area (TPSA) is 70.2 Å². The molecular weight excluding hydrogens is 338 g/mol. The highest BCUT2D eigenvalue weighted by Gasteiger charge is 2.21. The lowest BCUT2D eigenvalue weighted by molar-refractivity contribution is -0.120. The van der Waals surface area contributed by atoms with Crippen LogP contribution in [0.5, 0.6) is 0 Å². The molecule has 6 heteroatoms. The van der Waals surface area contributed by atoms with Gasteiger partial charge in [-0.05, 0) is 49.9 Å². The van der Waals surface area contributed by atoms with Gasteiger partial charge in [0.15, 0.2) is 5.82 Å². The molecule has 2 aliphatic rings. The molecule has 1 amide bonds. The van der Waals surface area contributed by atoms with Gasteiger partial charge in [0, 0.05) is 36.4 Å². The maximum Gasteiger partial charge on any atom is 0.227 e. The third-order valence-electron chi connectivity index (χ3n) is 5.51. The smallest absolute Gasteiger partial charge is 0.227 e. The summed E-state index contributed by atoms with van der Waals surface area (Å²) in [4.78, 5) is 14.7. The number of nitrogens with zero attached hydrogens (tertiary/aromatic N) is 3. The second kappa shape index (κ2) is 8.37. The van der Waals surface area contributed by atoms with Gasteiger partial charge in [-0.3, -0.25) is 4.79 Å². The summed E-state index contributed by atoms with van der Waals surface area (Å²) in [5, 5.41) is 14.6. The molecule has 27 heavy (non-hydrogen) atoms. The van der Waals surface area contributed by atoms with Crippen LogP contribution in [0.25, 0.3) is 0 Å². The number of hydrogen-bond acceptors (Lipinski definition) is 5. The molecule has 0 spiro atoms. The molecule has 1 aromatic carbocycles. The summed E-state index contributed by atoms with van der Waals surface area (Å²) in [7, 11) is 0. The number of benzene rings is 1. The summed E-state index contributed by atoms with van der Waals surface area (Å²) < 4.78 is 0. The fourth-order valence-corrected chi connectivity index (χ4v) is 3.96. The molecule has 2 heterocycles. The zero-order chi connectivity index (χ0) is 18.5. The van der Waals surface area contributed by atoms with Crippen LogP contribution in [-0.2, 0) is 4.79 Å². The summed E-state index contributed by atoms with van der Waals surface area (Å²) >= 11 is 0. The Kier molecular flexibility index (Phi) is 5.51. The van der Waals surface area contributed by atoms with Gasteiger partial charge in [0.25, 0.3) is 0 Å². The van der Waals surface area contributed by atoms with Crippen molar-refractivity contribution in [2.24, 2.45) is 5.92 Å². The van der Waals surface area contributed by atoms with Gasteiger partial charge in [-0.15, -0.1) is 5.10 Å². The maximum atomic E-state index is 12.4. The first kappa shape index (κ1) is 17.8. The van der Waals surface area contributed by atoms with E-state index in [1.807, 2.05) is 36.5 Å². The van der Waals surface area contributed by atoms with Crippen LogP contribution in [0.1, 0.15) is 44.9 Å². The van der Waals surface area contributed by atoms with Crippen molar-refractivity contribution in [2.75, 3.05) is 28.6 Å². The molecule has 1 aliphatic carbocycles. The van der Waals surface area contributed by atoms with Crippen molar-refractivity contribution in [3.05, 3.63) is 36.5 Å². The van der Waals surface area contributed by atoms with E-state index in [9.17, 15) is 4.79 Å². The lowest BCUT2D eigenvalue weighted by Gasteiger charge is -2.20. The average molecular weight is 365 g/mol. The van der Waals surface area contributed by atoms with Crippen molar-refractivity contribution in [2.45, 2.75) is 44.9 Å². The average Bonchev–Trinajstić information content (AvgIpc) is 3.25. The van der Waals surface area contributed by atoms with Crippen LogP contribution in [-0.4, -0.2) is 29.2 Å². The molecule has 4 rings (SSSR count). The number of aromatic nitrogens is 2. The van der Waals surface area contributed by atoms with E-state index in [1.54, 1.807) is 0 Å². The first-order chi connectivity index (χ1) is 13.3. The SMILES string of the molecule is O=C(Nc1ccc(Nc2cc(N3CCCC3)cnn2)cc1)C1CCCCC1. The standard InChI is InChI=1S/C21H27N5O/c27-21(16-6-2-1-3-7-16)24-18-10-8-17(9-11-18)23-20-14-19(15-22-25-20)26-12-4-5-13-26/h8-11,14-16H,1-7,12-13H2,(H,23,25)(H,24,27). The number of nitrogens with one attached hydrogen (secondary N) is 2. The fraction of sp³-hybridized carbons (Fsp3) is 0.476. The number of amides is 1. The van der Waals surface area contributed by atoms with Crippen molar-refractivity contribution in [1.82, 2.24) is 10.2 Å². The number of carbonyl (C=O) groups excluding carboxylic acids is 1. The van der Waals surface area contributed by atoms with E-state index in [4.69, 9.17) is 0 Å². The van der Waals surface area contributed by atoms with Gasteiger partial charge in [-0.1, -0.05) is 19.3 Å². The highest BCUT2D eigenvalue weighted by Crippen LogP contribution is 2.26. The number of hydrogen-bond donors (Lipinski definition) is 2. The fourth-order valence-electron chi connectivity index (χ4n) is 3.96. The second-order valence-electron chi connectivity index (χ2n) is 7.52. The minimum absolute atomic E-state index is 0.152. The van der Waals surface area contributed by atoms with Crippen LogP contribution in [0.15, 0.2) is 36.5 Å². The molecule has 0 unspecified atom stereocenters. The van der Waals surface area contributed by atoms with E-state index in [1.165, 1.54) is 32.1 Å². The Balaban J connectivity index is 1.36. The third-order valence-corrected chi connectivity index (χ3v) is 5.51. The molecule has 1 aliphatic heterocycles. The molecule has 6 nitrogen and oxygen atoms in total. The zero-order valence-corrected chi connectivity index (χ0v) is 15.7. The minimum atomic E-state index is 0.152. The monoisotopic (exact) mass is 365 g/mol. The normalized spacial score (nSPS) is 17.7. The van der Waals surface area contributed by atoms with Crippen molar-refractivity contribution < 1.29 is 4.79 Å². The van der Waals surface area contributed by atoms with E-state index < -0.39 is 0 Å². The van der Waals surface area contributed by atoms with Gasteiger partial charge < -0.3 is 15.5 Å². The predicted molar refractivity (Wildman–Crippen MR) is 108 cm³/mol. The Labute approximate surface area is 160 Å². The van der Waals surface area contributed by atoms with E-state index in [-0.39, 0.29) is 11.8 Å². The Morgan fingerprint density at radius 3 is 2.41 bits per heavy atom. The van der Waals surface area contributed by atoms with Gasteiger partial charge >= 0.3 is 0 Å². The molecule has 1 saturated heterocycles. The molecule has 0 atom stereocenters. The second-order valence-corrected chi connectivity index (χ2v) is 7.52. The predicted octanol–water partition coefficient (Wildman–Crippen LogP) is 4.34. The van der Waals surface area contributed by atoms with Crippen LogP contribution >= 0.6 is 0 Å². The van der Waals surface area contributed by atoms with Crippen LogP contribution in [0.4, 0.5) is 22.9 Å². The molecule has 2 fully saturated rings. The van der Waals surface area contributed by atoms with Gasteiger partial charge in [0.2, 0.25) is 5.91 Å². The minimum Gasteiger partial charge on any atom is -0.370 e. The summed E-state index contributed by atoms with van der Waals surface area (Å²) in [6, 6.07) is 9.82. The quantitative estimate of drug-likeness (QED) is 0.825. The Morgan fingerprint density at radius 1 is 0.963 bits per heavy atom. The van der Waals surface area contributed by atoms with Gasteiger partial charge in [-0.2, -0.15) is 5.10 Å². The van der Waals surface area contributed by atoms with Crippen molar-refractivity contribution in [1.29, 1.82) is 0 Å². The lowest BCUT2D eigenvalue weighted by Crippen LogP contribution is -2.24. The molecule has 0 radical (unpaired) electrons. The Bertz CT molecular complexity index is 764. The van der Waals surface area contributed by atoms with E-state index in [2.05, 4.69) is 25.7 Å². The zero-order valence-electron chi connectivity index (χ0n) is 15.7. The van der Waals surface area contributed by atoms with E-state index in [0.717, 1.165) is 48.8 Å². The summed E-state index contributed by atoms with van der Waals surface area (Å²) in [5.41, 5.74) is 2.88. The number of anilines is 4. The van der Waals surface area contributed by atoms with Crippen LogP contribution in [0.3, 0.4) is 0 Å². The van der Waals surface area contributed by atoms with Crippen molar-refractivity contribution in [3.8, 4) is 0 Å². The molecule has 2 aromatic rings. The van der Waals surface area contributed by atoms with Gasteiger partial charge in [-0.25, -0.2) is 0 Å². The van der Waals surface area contributed by atoms with Gasteiger partial charge in [0.1, 0.15) is 0 Å². The van der Waals surface area contributed by atoms with Crippen LogP contribution in [0, 0.1) is 5.92 Å².